The predicted octanol–water partition coefficient (Wildman–Crippen LogP) is 8.65. The van der Waals surface area contributed by atoms with Crippen LogP contribution in [0.15, 0.2) is 128 Å². The lowest BCUT2D eigenvalue weighted by Crippen LogP contribution is -1.98. The summed E-state index contributed by atoms with van der Waals surface area (Å²) in [5, 5.41) is 7.84. The maximum Gasteiger partial charge on any atom is 0.164 e. The summed E-state index contributed by atoms with van der Waals surface area (Å²) in [7, 11) is 0. The van der Waals surface area contributed by atoms with Crippen molar-refractivity contribution in [1.82, 2.24) is 14.5 Å². The van der Waals surface area contributed by atoms with Gasteiger partial charge in [0, 0.05) is 11.9 Å². The second kappa shape index (κ2) is 7.74. The van der Waals surface area contributed by atoms with E-state index in [1.165, 1.54) is 43.4 Å². The average molecular weight is 472 g/mol. The molecule has 0 saturated carbocycles. The van der Waals surface area contributed by atoms with Crippen molar-refractivity contribution in [3.05, 3.63) is 128 Å². The summed E-state index contributed by atoms with van der Waals surface area (Å²) in [5.74, 6) is 0.845. The number of benzene rings is 6. The fourth-order valence-electron chi connectivity index (χ4n) is 5.73. The van der Waals surface area contributed by atoms with Crippen LogP contribution in [0.3, 0.4) is 0 Å². The van der Waals surface area contributed by atoms with Gasteiger partial charge in [-0.25, -0.2) is 4.98 Å². The second-order valence-corrected chi connectivity index (χ2v) is 9.49. The minimum atomic E-state index is 0.845. The molecule has 2 aromatic heterocycles. The van der Waals surface area contributed by atoms with Gasteiger partial charge in [0.05, 0.1) is 11.0 Å². The molecular weight excluding hydrogens is 450 g/mol. The molecule has 0 unspecified atom stereocenters. The number of hydrogen-bond donors (Lipinski definition) is 0. The van der Waals surface area contributed by atoms with Gasteiger partial charge in [0.1, 0.15) is 5.69 Å². The number of hydrogen-bond acceptors (Lipinski definition) is 2. The lowest BCUT2D eigenvalue weighted by atomic mass is 9.90. The van der Waals surface area contributed by atoms with E-state index in [0.29, 0.717) is 0 Å². The summed E-state index contributed by atoms with van der Waals surface area (Å²) in [5.41, 5.74) is 6.39. The standard InChI is InChI=1S/C34H21N3/c1-2-10-31-29(8-1)36-34(30-9-3-4-21-35-30)37(31)26-17-13-22(14-18-26)27-19-15-25-12-11-23-6-5-7-24-16-20-28(27)33(25)32(23)24/h1-21H. The van der Waals surface area contributed by atoms with Gasteiger partial charge >= 0.3 is 0 Å². The molecule has 8 rings (SSSR count). The number of nitrogens with zero attached hydrogens (tertiary/aromatic N) is 3. The van der Waals surface area contributed by atoms with Crippen molar-refractivity contribution in [2.75, 3.05) is 0 Å². The van der Waals surface area contributed by atoms with Gasteiger partial charge in [-0.15, -0.1) is 0 Å². The maximum atomic E-state index is 4.93. The molecule has 0 atom stereocenters. The van der Waals surface area contributed by atoms with Crippen molar-refractivity contribution in [3.8, 4) is 28.3 Å². The zero-order valence-electron chi connectivity index (χ0n) is 20.0. The molecule has 0 spiro atoms. The van der Waals surface area contributed by atoms with Crippen molar-refractivity contribution < 1.29 is 0 Å². The second-order valence-electron chi connectivity index (χ2n) is 9.49. The van der Waals surface area contributed by atoms with Crippen molar-refractivity contribution in [3.63, 3.8) is 0 Å². The van der Waals surface area contributed by atoms with E-state index < -0.39 is 0 Å². The highest BCUT2D eigenvalue weighted by molar-refractivity contribution is 6.25. The maximum absolute atomic E-state index is 4.93. The van der Waals surface area contributed by atoms with Gasteiger partial charge in [-0.3, -0.25) is 9.55 Å². The van der Waals surface area contributed by atoms with Gasteiger partial charge in [-0.1, -0.05) is 84.9 Å². The number of rotatable bonds is 3. The van der Waals surface area contributed by atoms with Crippen LogP contribution in [0.2, 0.25) is 0 Å². The molecule has 0 amide bonds. The molecule has 37 heavy (non-hydrogen) atoms. The van der Waals surface area contributed by atoms with Gasteiger partial charge in [0.15, 0.2) is 5.82 Å². The number of pyridine rings is 1. The first-order chi connectivity index (χ1) is 18.3. The third kappa shape index (κ3) is 3.01. The molecule has 2 heterocycles. The Morgan fingerprint density at radius 1 is 0.541 bits per heavy atom. The molecule has 3 nitrogen and oxygen atoms in total. The first-order valence-corrected chi connectivity index (χ1v) is 12.5. The SMILES string of the molecule is c1ccc(-c2nc3ccccc3n2-c2ccc(-c3ccc4ccc5cccc6ccc3c4c56)cc2)nc1. The Bertz CT molecular complexity index is 2050. The first kappa shape index (κ1) is 20.2. The lowest BCUT2D eigenvalue weighted by Gasteiger charge is -2.15. The van der Waals surface area contributed by atoms with E-state index in [1.54, 1.807) is 0 Å². The van der Waals surface area contributed by atoms with Crippen LogP contribution in [0.25, 0.3) is 71.7 Å². The fraction of sp³-hybridized carbons (Fsp3) is 0. The molecule has 0 aliphatic heterocycles. The average Bonchev–Trinajstić information content (AvgIpc) is 3.36. The van der Waals surface area contributed by atoms with Crippen molar-refractivity contribution in [2.24, 2.45) is 0 Å². The van der Waals surface area contributed by atoms with Gasteiger partial charge in [-0.2, -0.15) is 0 Å². The number of fused-ring (bicyclic) bond motifs is 1. The highest BCUT2D eigenvalue weighted by Gasteiger charge is 2.16. The fourth-order valence-corrected chi connectivity index (χ4v) is 5.73. The third-order valence-corrected chi connectivity index (χ3v) is 7.42. The number of aromatic nitrogens is 3. The monoisotopic (exact) mass is 471 g/mol. The van der Waals surface area contributed by atoms with E-state index >= 15 is 0 Å². The van der Waals surface area contributed by atoms with Crippen LogP contribution in [0.4, 0.5) is 0 Å². The normalized spacial score (nSPS) is 11.8. The van der Waals surface area contributed by atoms with Crippen LogP contribution in [-0.2, 0) is 0 Å². The van der Waals surface area contributed by atoms with Crippen LogP contribution >= 0.6 is 0 Å². The smallest absolute Gasteiger partial charge is 0.164 e. The summed E-state index contributed by atoms with van der Waals surface area (Å²) in [4.78, 5) is 9.51. The van der Waals surface area contributed by atoms with Crippen LogP contribution in [0, 0.1) is 0 Å². The molecule has 0 saturated heterocycles. The molecule has 172 valence electrons. The zero-order valence-corrected chi connectivity index (χ0v) is 20.0. The lowest BCUT2D eigenvalue weighted by molar-refractivity contribution is 1.08. The van der Waals surface area contributed by atoms with Gasteiger partial charge in [-0.05, 0) is 79.8 Å². The van der Waals surface area contributed by atoms with Crippen LogP contribution in [-0.4, -0.2) is 14.5 Å². The molecule has 0 bridgehead atoms. The molecule has 0 aliphatic carbocycles. The molecule has 8 aromatic rings. The number of imidazole rings is 1. The van der Waals surface area contributed by atoms with Crippen molar-refractivity contribution in [2.45, 2.75) is 0 Å². The molecule has 3 heteroatoms. The van der Waals surface area contributed by atoms with Crippen molar-refractivity contribution in [1.29, 1.82) is 0 Å². The zero-order chi connectivity index (χ0) is 24.3. The van der Waals surface area contributed by atoms with Crippen LogP contribution in [0.5, 0.6) is 0 Å². The summed E-state index contributed by atoms with van der Waals surface area (Å²) in [6.07, 6.45) is 1.82. The molecule has 0 radical (unpaired) electrons. The summed E-state index contributed by atoms with van der Waals surface area (Å²) in [6.45, 7) is 0. The Kier molecular flexibility index (Phi) is 4.23. The summed E-state index contributed by atoms with van der Waals surface area (Å²) >= 11 is 0. The molecule has 0 aliphatic rings. The minimum absolute atomic E-state index is 0.845. The van der Waals surface area contributed by atoms with Gasteiger partial charge in [0.25, 0.3) is 0 Å². The third-order valence-electron chi connectivity index (χ3n) is 7.42. The van der Waals surface area contributed by atoms with Gasteiger partial charge in [0.2, 0.25) is 0 Å². The van der Waals surface area contributed by atoms with E-state index in [1.807, 2.05) is 30.5 Å². The van der Waals surface area contributed by atoms with Gasteiger partial charge < -0.3 is 0 Å². The Labute approximate surface area is 213 Å². The quantitative estimate of drug-likeness (QED) is 0.241. The minimum Gasteiger partial charge on any atom is -0.291 e. The topological polar surface area (TPSA) is 30.7 Å². The molecule has 0 fully saturated rings. The molecule has 6 aromatic carbocycles. The van der Waals surface area contributed by atoms with E-state index in [2.05, 4.69) is 107 Å². The van der Waals surface area contributed by atoms with E-state index in [-0.39, 0.29) is 0 Å². The molecule has 0 N–H and O–H groups in total. The van der Waals surface area contributed by atoms with E-state index in [9.17, 15) is 0 Å². The Morgan fingerprint density at radius 3 is 2.08 bits per heavy atom. The molecular formula is C34H21N3. The largest absolute Gasteiger partial charge is 0.291 e. The highest BCUT2D eigenvalue weighted by atomic mass is 15.1. The van der Waals surface area contributed by atoms with Crippen molar-refractivity contribution >= 4 is 43.4 Å². The highest BCUT2D eigenvalue weighted by Crippen LogP contribution is 2.39. The first-order valence-electron chi connectivity index (χ1n) is 12.5. The number of para-hydroxylation sites is 2. The summed E-state index contributed by atoms with van der Waals surface area (Å²) < 4.78 is 2.20. The summed E-state index contributed by atoms with van der Waals surface area (Å²) in [6, 6.07) is 43.1. The predicted molar refractivity (Wildman–Crippen MR) is 153 cm³/mol. The van der Waals surface area contributed by atoms with E-state index in [0.717, 1.165) is 28.2 Å². The Balaban J connectivity index is 1.31. The Hall–Kier alpha value is -5.02. The van der Waals surface area contributed by atoms with Crippen LogP contribution < -0.4 is 0 Å². The van der Waals surface area contributed by atoms with Crippen LogP contribution in [0.1, 0.15) is 0 Å². The Morgan fingerprint density at radius 2 is 1.27 bits per heavy atom. The van der Waals surface area contributed by atoms with E-state index in [4.69, 9.17) is 4.98 Å².